The SMILES string of the molecule is CC1CCN2c3ccc(C(F)(F)F)cc3NC(=O)C2C1. The number of amides is 1. The molecule has 1 amide bonds. The summed E-state index contributed by atoms with van der Waals surface area (Å²) >= 11 is 0. The number of alkyl halides is 3. The topological polar surface area (TPSA) is 32.3 Å². The number of hydrogen-bond donors (Lipinski definition) is 1. The number of rotatable bonds is 0. The number of halogens is 3. The van der Waals surface area contributed by atoms with Gasteiger partial charge in [0.25, 0.3) is 0 Å². The molecule has 108 valence electrons. The van der Waals surface area contributed by atoms with Gasteiger partial charge < -0.3 is 10.2 Å². The number of nitrogens with zero attached hydrogens (tertiary/aromatic N) is 1. The van der Waals surface area contributed by atoms with Crippen molar-refractivity contribution >= 4 is 17.3 Å². The van der Waals surface area contributed by atoms with Crippen LogP contribution in [0.4, 0.5) is 24.5 Å². The average Bonchev–Trinajstić information content (AvgIpc) is 2.37. The lowest BCUT2D eigenvalue weighted by Crippen LogP contribution is -2.52. The molecule has 1 aromatic rings. The molecule has 2 atom stereocenters. The molecule has 3 rings (SSSR count). The Labute approximate surface area is 114 Å². The summed E-state index contributed by atoms with van der Waals surface area (Å²) < 4.78 is 38.1. The molecular weight excluding hydrogens is 269 g/mol. The summed E-state index contributed by atoms with van der Waals surface area (Å²) in [7, 11) is 0. The zero-order valence-corrected chi connectivity index (χ0v) is 11.0. The Kier molecular flexibility index (Phi) is 2.92. The lowest BCUT2D eigenvalue weighted by molar-refractivity contribution is -0.137. The fraction of sp³-hybridized carbons (Fsp3) is 0.500. The fourth-order valence-electron chi connectivity index (χ4n) is 2.96. The molecule has 20 heavy (non-hydrogen) atoms. The zero-order chi connectivity index (χ0) is 14.5. The van der Waals surface area contributed by atoms with Crippen LogP contribution in [0.5, 0.6) is 0 Å². The van der Waals surface area contributed by atoms with Crippen LogP contribution in [0.3, 0.4) is 0 Å². The highest BCUT2D eigenvalue weighted by atomic mass is 19.4. The average molecular weight is 284 g/mol. The standard InChI is InChI=1S/C14H15F3N2O/c1-8-4-5-19-11-3-2-9(14(15,16)17)7-10(11)18-13(20)12(19)6-8/h2-3,7-8,12H,4-6H2,1H3,(H,18,20). The summed E-state index contributed by atoms with van der Waals surface area (Å²) in [6, 6.07) is 3.29. The highest BCUT2D eigenvalue weighted by Gasteiger charge is 2.38. The molecule has 0 aliphatic carbocycles. The second-order valence-electron chi connectivity index (χ2n) is 5.56. The molecule has 1 saturated heterocycles. The van der Waals surface area contributed by atoms with Gasteiger partial charge in [-0.05, 0) is 37.0 Å². The van der Waals surface area contributed by atoms with Crippen LogP contribution in [0.1, 0.15) is 25.3 Å². The van der Waals surface area contributed by atoms with Gasteiger partial charge in [0.1, 0.15) is 6.04 Å². The van der Waals surface area contributed by atoms with Crippen molar-refractivity contribution in [3.8, 4) is 0 Å². The number of benzene rings is 1. The maximum absolute atomic E-state index is 12.7. The van der Waals surface area contributed by atoms with E-state index in [0.29, 0.717) is 18.2 Å². The van der Waals surface area contributed by atoms with Crippen molar-refractivity contribution in [2.45, 2.75) is 32.0 Å². The van der Waals surface area contributed by atoms with E-state index in [0.717, 1.165) is 25.0 Å². The van der Waals surface area contributed by atoms with Gasteiger partial charge in [0.2, 0.25) is 5.91 Å². The quantitative estimate of drug-likeness (QED) is 0.793. The van der Waals surface area contributed by atoms with E-state index in [1.54, 1.807) is 0 Å². The minimum Gasteiger partial charge on any atom is -0.358 e. The van der Waals surface area contributed by atoms with E-state index >= 15 is 0 Å². The summed E-state index contributed by atoms with van der Waals surface area (Å²) in [5.41, 5.74) is 0.213. The first-order chi connectivity index (χ1) is 9.36. The molecule has 0 spiro atoms. The van der Waals surface area contributed by atoms with Gasteiger partial charge in [-0.25, -0.2) is 0 Å². The first kappa shape index (κ1) is 13.3. The van der Waals surface area contributed by atoms with Crippen molar-refractivity contribution in [1.29, 1.82) is 0 Å². The smallest absolute Gasteiger partial charge is 0.358 e. The number of carbonyl (C=O) groups excluding carboxylic acids is 1. The second kappa shape index (κ2) is 4.40. The molecule has 6 heteroatoms. The summed E-state index contributed by atoms with van der Waals surface area (Å²) in [5, 5.41) is 2.61. The molecule has 2 heterocycles. The highest BCUT2D eigenvalue weighted by molar-refractivity contribution is 6.03. The van der Waals surface area contributed by atoms with Gasteiger partial charge in [-0.1, -0.05) is 6.92 Å². The normalized spacial score (nSPS) is 25.8. The van der Waals surface area contributed by atoms with Gasteiger partial charge in [0, 0.05) is 6.54 Å². The van der Waals surface area contributed by atoms with Crippen molar-refractivity contribution < 1.29 is 18.0 Å². The summed E-state index contributed by atoms with van der Waals surface area (Å²) in [6.07, 6.45) is -2.70. The van der Waals surface area contributed by atoms with E-state index < -0.39 is 11.7 Å². The molecule has 1 fully saturated rings. The van der Waals surface area contributed by atoms with Crippen molar-refractivity contribution in [2.75, 3.05) is 16.8 Å². The van der Waals surface area contributed by atoms with E-state index in [1.165, 1.54) is 6.07 Å². The zero-order valence-electron chi connectivity index (χ0n) is 11.0. The molecule has 0 aromatic heterocycles. The number of piperidine rings is 1. The third-order valence-corrected chi connectivity index (χ3v) is 4.06. The summed E-state index contributed by atoms with van der Waals surface area (Å²) in [5.74, 6) is 0.251. The van der Waals surface area contributed by atoms with Crippen molar-refractivity contribution in [2.24, 2.45) is 5.92 Å². The van der Waals surface area contributed by atoms with Crippen LogP contribution >= 0.6 is 0 Å². The Bertz CT molecular complexity index is 556. The first-order valence-electron chi connectivity index (χ1n) is 6.65. The molecular formula is C14H15F3N2O. The maximum Gasteiger partial charge on any atom is 0.416 e. The lowest BCUT2D eigenvalue weighted by atomic mass is 9.89. The van der Waals surface area contributed by atoms with Gasteiger partial charge in [-0.3, -0.25) is 4.79 Å². The Balaban J connectivity index is 2.00. The molecule has 2 unspecified atom stereocenters. The van der Waals surface area contributed by atoms with E-state index in [9.17, 15) is 18.0 Å². The van der Waals surface area contributed by atoms with Gasteiger partial charge >= 0.3 is 6.18 Å². The Hall–Kier alpha value is -1.72. The summed E-state index contributed by atoms with van der Waals surface area (Å²) in [4.78, 5) is 14.0. The second-order valence-corrected chi connectivity index (χ2v) is 5.56. The minimum absolute atomic E-state index is 0.205. The third-order valence-electron chi connectivity index (χ3n) is 4.06. The van der Waals surface area contributed by atoms with Gasteiger partial charge in [0.15, 0.2) is 0 Å². The number of anilines is 2. The Morgan fingerprint density at radius 1 is 1.35 bits per heavy atom. The van der Waals surface area contributed by atoms with E-state index in [-0.39, 0.29) is 17.6 Å². The lowest BCUT2D eigenvalue weighted by Gasteiger charge is -2.43. The molecule has 2 aliphatic rings. The minimum atomic E-state index is -4.40. The largest absolute Gasteiger partial charge is 0.416 e. The molecule has 0 radical (unpaired) electrons. The van der Waals surface area contributed by atoms with Crippen LogP contribution in [0.25, 0.3) is 0 Å². The van der Waals surface area contributed by atoms with E-state index in [2.05, 4.69) is 12.2 Å². The van der Waals surface area contributed by atoms with Crippen LogP contribution < -0.4 is 10.2 Å². The third kappa shape index (κ3) is 2.13. The van der Waals surface area contributed by atoms with Crippen molar-refractivity contribution in [1.82, 2.24) is 0 Å². The summed E-state index contributed by atoms with van der Waals surface area (Å²) in [6.45, 7) is 2.80. The Morgan fingerprint density at radius 2 is 2.10 bits per heavy atom. The predicted molar refractivity (Wildman–Crippen MR) is 69.6 cm³/mol. The molecule has 0 bridgehead atoms. The van der Waals surface area contributed by atoms with E-state index in [1.807, 2.05) is 4.90 Å². The Morgan fingerprint density at radius 3 is 2.80 bits per heavy atom. The van der Waals surface area contributed by atoms with Crippen LogP contribution in [-0.4, -0.2) is 18.5 Å². The van der Waals surface area contributed by atoms with Crippen molar-refractivity contribution in [3.05, 3.63) is 23.8 Å². The number of nitrogens with one attached hydrogen (secondary N) is 1. The first-order valence-corrected chi connectivity index (χ1v) is 6.65. The molecule has 3 nitrogen and oxygen atoms in total. The molecule has 0 saturated carbocycles. The maximum atomic E-state index is 12.7. The van der Waals surface area contributed by atoms with Gasteiger partial charge in [-0.15, -0.1) is 0 Å². The van der Waals surface area contributed by atoms with Crippen LogP contribution in [0.2, 0.25) is 0 Å². The molecule has 2 aliphatic heterocycles. The number of hydrogen-bond acceptors (Lipinski definition) is 2. The van der Waals surface area contributed by atoms with Gasteiger partial charge in [0.05, 0.1) is 16.9 Å². The van der Waals surface area contributed by atoms with Crippen LogP contribution in [0.15, 0.2) is 18.2 Å². The molecule has 1 N–H and O–H groups in total. The monoisotopic (exact) mass is 284 g/mol. The van der Waals surface area contributed by atoms with E-state index in [4.69, 9.17) is 0 Å². The number of carbonyl (C=O) groups is 1. The molecule has 1 aromatic carbocycles. The van der Waals surface area contributed by atoms with Crippen molar-refractivity contribution in [3.63, 3.8) is 0 Å². The fourth-order valence-corrected chi connectivity index (χ4v) is 2.96. The predicted octanol–water partition coefficient (Wildman–Crippen LogP) is 3.26. The van der Waals surface area contributed by atoms with Gasteiger partial charge in [-0.2, -0.15) is 13.2 Å². The highest BCUT2D eigenvalue weighted by Crippen LogP contribution is 2.40. The van der Waals surface area contributed by atoms with Crippen LogP contribution in [-0.2, 0) is 11.0 Å². The number of fused-ring (bicyclic) bond motifs is 3. The van der Waals surface area contributed by atoms with Crippen LogP contribution in [0, 0.1) is 5.92 Å².